The van der Waals surface area contributed by atoms with Crippen molar-refractivity contribution in [2.75, 3.05) is 7.05 Å². The van der Waals surface area contributed by atoms with Crippen LogP contribution in [0.2, 0.25) is 0 Å². The van der Waals surface area contributed by atoms with Gasteiger partial charge in [0.25, 0.3) is 0 Å². The van der Waals surface area contributed by atoms with Crippen LogP contribution in [0.5, 0.6) is 0 Å². The van der Waals surface area contributed by atoms with Crippen molar-refractivity contribution < 1.29 is 0 Å². The van der Waals surface area contributed by atoms with Gasteiger partial charge in [-0.2, -0.15) is 10.2 Å². The summed E-state index contributed by atoms with van der Waals surface area (Å²) in [7, 11) is 1.89. The van der Waals surface area contributed by atoms with Crippen LogP contribution in [0.1, 0.15) is 25.5 Å². The maximum Gasteiger partial charge on any atom is 0.148 e. The van der Waals surface area contributed by atoms with Crippen LogP contribution in [0.15, 0.2) is 12.7 Å². The van der Waals surface area contributed by atoms with E-state index in [9.17, 15) is 0 Å². The number of nitrogens with one attached hydrogen (secondary N) is 1. The number of aromatic nitrogens is 6. The molecule has 0 saturated heterocycles. The fourth-order valence-corrected chi connectivity index (χ4v) is 1.76. The first kappa shape index (κ1) is 12.7. The Labute approximate surface area is 106 Å². The standard InChI is InChI=1S/C11H19N7/c1-9(2)5-17-11(14-8-15-17)6-18-10(4-12-3)13-7-16-18/h7-9,12H,4-6H2,1-3H3. The molecule has 0 atom stereocenters. The molecule has 0 saturated carbocycles. The van der Waals surface area contributed by atoms with Crippen molar-refractivity contribution in [2.24, 2.45) is 5.92 Å². The molecule has 0 unspecified atom stereocenters. The lowest BCUT2D eigenvalue weighted by atomic mass is 10.2. The highest BCUT2D eigenvalue weighted by Crippen LogP contribution is 2.04. The van der Waals surface area contributed by atoms with Crippen LogP contribution in [0.3, 0.4) is 0 Å². The van der Waals surface area contributed by atoms with Crippen molar-refractivity contribution >= 4 is 0 Å². The molecule has 0 spiro atoms. The van der Waals surface area contributed by atoms with Gasteiger partial charge in [0.1, 0.15) is 30.8 Å². The molecule has 0 aliphatic rings. The third kappa shape index (κ3) is 2.92. The van der Waals surface area contributed by atoms with E-state index >= 15 is 0 Å². The van der Waals surface area contributed by atoms with Crippen LogP contribution >= 0.6 is 0 Å². The molecule has 2 aromatic heterocycles. The number of nitrogens with zero attached hydrogens (tertiary/aromatic N) is 6. The molecule has 98 valence electrons. The molecule has 2 heterocycles. The summed E-state index contributed by atoms with van der Waals surface area (Å²) < 4.78 is 3.77. The van der Waals surface area contributed by atoms with Gasteiger partial charge in [0.15, 0.2) is 0 Å². The minimum atomic E-state index is 0.540. The molecule has 0 amide bonds. The monoisotopic (exact) mass is 249 g/mol. The van der Waals surface area contributed by atoms with E-state index in [1.807, 2.05) is 16.4 Å². The SMILES string of the molecule is CNCc1ncnn1Cc1ncnn1CC(C)C. The van der Waals surface area contributed by atoms with E-state index in [0.29, 0.717) is 19.0 Å². The maximum absolute atomic E-state index is 4.29. The third-order valence-corrected chi connectivity index (χ3v) is 2.56. The summed E-state index contributed by atoms with van der Waals surface area (Å²) >= 11 is 0. The lowest BCUT2D eigenvalue weighted by Crippen LogP contribution is -2.17. The summed E-state index contributed by atoms with van der Waals surface area (Å²) in [5.41, 5.74) is 0. The summed E-state index contributed by atoms with van der Waals surface area (Å²) in [6.45, 7) is 6.48. The molecule has 2 aromatic rings. The number of rotatable bonds is 6. The van der Waals surface area contributed by atoms with Crippen molar-refractivity contribution in [1.82, 2.24) is 34.8 Å². The molecule has 7 heteroatoms. The predicted octanol–water partition coefficient (Wildman–Crippen LogP) is 0.293. The molecule has 0 bridgehead atoms. The molecule has 0 radical (unpaired) electrons. The zero-order valence-corrected chi connectivity index (χ0v) is 11.0. The van der Waals surface area contributed by atoms with Gasteiger partial charge in [-0.25, -0.2) is 19.3 Å². The summed E-state index contributed by atoms with van der Waals surface area (Å²) in [5.74, 6) is 2.35. The Morgan fingerprint density at radius 3 is 2.44 bits per heavy atom. The first-order valence-corrected chi connectivity index (χ1v) is 6.08. The molecule has 0 aliphatic carbocycles. The minimum Gasteiger partial charge on any atom is -0.313 e. The van der Waals surface area contributed by atoms with Crippen LogP contribution < -0.4 is 5.32 Å². The first-order chi connectivity index (χ1) is 8.70. The lowest BCUT2D eigenvalue weighted by molar-refractivity contribution is 0.453. The van der Waals surface area contributed by atoms with Gasteiger partial charge < -0.3 is 5.32 Å². The zero-order chi connectivity index (χ0) is 13.0. The highest BCUT2D eigenvalue weighted by molar-refractivity contribution is 4.91. The van der Waals surface area contributed by atoms with Gasteiger partial charge in [0.05, 0.1) is 6.54 Å². The summed E-state index contributed by atoms with van der Waals surface area (Å²) in [6.07, 6.45) is 3.15. The van der Waals surface area contributed by atoms with Crippen LogP contribution in [0.4, 0.5) is 0 Å². The Hall–Kier alpha value is -1.76. The maximum atomic E-state index is 4.29. The topological polar surface area (TPSA) is 73.5 Å². The van der Waals surface area contributed by atoms with Crippen molar-refractivity contribution in [3.63, 3.8) is 0 Å². The van der Waals surface area contributed by atoms with Gasteiger partial charge in [-0.1, -0.05) is 13.8 Å². The molecule has 7 nitrogen and oxygen atoms in total. The second kappa shape index (κ2) is 5.72. The highest BCUT2D eigenvalue weighted by Gasteiger charge is 2.10. The highest BCUT2D eigenvalue weighted by atomic mass is 15.4. The first-order valence-electron chi connectivity index (χ1n) is 6.08. The Bertz CT molecular complexity index is 485. The second-order valence-corrected chi connectivity index (χ2v) is 4.62. The fourth-order valence-electron chi connectivity index (χ4n) is 1.76. The second-order valence-electron chi connectivity index (χ2n) is 4.62. The van der Waals surface area contributed by atoms with E-state index < -0.39 is 0 Å². The van der Waals surface area contributed by atoms with E-state index in [4.69, 9.17) is 0 Å². The summed E-state index contributed by atoms with van der Waals surface area (Å²) in [5, 5.41) is 11.5. The quantitative estimate of drug-likeness (QED) is 0.796. The zero-order valence-electron chi connectivity index (χ0n) is 11.0. The van der Waals surface area contributed by atoms with Crippen molar-refractivity contribution in [2.45, 2.75) is 33.5 Å². The van der Waals surface area contributed by atoms with Gasteiger partial charge in [-0.3, -0.25) is 0 Å². The normalized spacial score (nSPS) is 11.3. The summed E-state index contributed by atoms with van der Waals surface area (Å²) in [6, 6.07) is 0. The Morgan fingerprint density at radius 1 is 1.11 bits per heavy atom. The fraction of sp³-hybridized carbons (Fsp3) is 0.636. The van der Waals surface area contributed by atoms with Crippen LogP contribution in [0.25, 0.3) is 0 Å². The average Bonchev–Trinajstić information content (AvgIpc) is 2.91. The van der Waals surface area contributed by atoms with E-state index in [-0.39, 0.29) is 0 Å². The summed E-state index contributed by atoms with van der Waals surface area (Å²) in [4.78, 5) is 8.50. The Balaban J connectivity index is 2.13. The largest absolute Gasteiger partial charge is 0.313 e. The van der Waals surface area contributed by atoms with Gasteiger partial charge in [0.2, 0.25) is 0 Å². The minimum absolute atomic E-state index is 0.540. The van der Waals surface area contributed by atoms with E-state index in [0.717, 1.165) is 18.2 Å². The van der Waals surface area contributed by atoms with Gasteiger partial charge >= 0.3 is 0 Å². The van der Waals surface area contributed by atoms with E-state index in [2.05, 4.69) is 39.3 Å². The third-order valence-electron chi connectivity index (χ3n) is 2.56. The molecule has 0 aliphatic heterocycles. The van der Waals surface area contributed by atoms with Crippen molar-refractivity contribution in [1.29, 1.82) is 0 Å². The molecule has 18 heavy (non-hydrogen) atoms. The van der Waals surface area contributed by atoms with Crippen molar-refractivity contribution in [3.8, 4) is 0 Å². The molecule has 1 N–H and O–H groups in total. The number of hydrogen-bond acceptors (Lipinski definition) is 5. The molecule has 0 fully saturated rings. The van der Waals surface area contributed by atoms with Gasteiger partial charge in [0, 0.05) is 6.54 Å². The van der Waals surface area contributed by atoms with E-state index in [1.54, 1.807) is 12.7 Å². The Morgan fingerprint density at radius 2 is 1.78 bits per heavy atom. The van der Waals surface area contributed by atoms with Gasteiger partial charge in [-0.15, -0.1) is 0 Å². The molecule has 2 rings (SSSR count). The van der Waals surface area contributed by atoms with Crippen LogP contribution in [-0.2, 0) is 19.6 Å². The molecular formula is C11H19N7. The lowest BCUT2D eigenvalue weighted by Gasteiger charge is -2.09. The predicted molar refractivity (Wildman–Crippen MR) is 66.7 cm³/mol. The molecular weight excluding hydrogens is 230 g/mol. The molecule has 0 aromatic carbocycles. The number of hydrogen-bond donors (Lipinski definition) is 1. The smallest absolute Gasteiger partial charge is 0.148 e. The van der Waals surface area contributed by atoms with Gasteiger partial charge in [-0.05, 0) is 13.0 Å². The van der Waals surface area contributed by atoms with Crippen LogP contribution in [0, 0.1) is 5.92 Å². The Kier molecular flexibility index (Phi) is 4.03. The van der Waals surface area contributed by atoms with E-state index in [1.165, 1.54) is 0 Å². The average molecular weight is 249 g/mol. The van der Waals surface area contributed by atoms with Crippen LogP contribution in [-0.4, -0.2) is 36.6 Å². The van der Waals surface area contributed by atoms with Crippen molar-refractivity contribution in [3.05, 3.63) is 24.3 Å².